The second-order valence-corrected chi connectivity index (χ2v) is 5.95. The summed E-state index contributed by atoms with van der Waals surface area (Å²) in [6.07, 6.45) is 3.88. The second-order valence-electron chi connectivity index (χ2n) is 5.14. The fourth-order valence-corrected chi connectivity index (χ4v) is 2.83. The van der Waals surface area contributed by atoms with E-state index in [1.54, 1.807) is 6.07 Å². The van der Waals surface area contributed by atoms with E-state index in [9.17, 15) is 4.79 Å². The first-order chi connectivity index (χ1) is 9.61. The molecule has 20 heavy (non-hydrogen) atoms. The van der Waals surface area contributed by atoms with Gasteiger partial charge >= 0.3 is 0 Å². The minimum atomic E-state index is -0.128. The number of carbonyl (C=O) groups excluding carboxylic acids is 1. The van der Waals surface area contributed by atoms with Gasteiger partial charge < -0.3 is 5.32 Å². The highest BCUT2D eigenvalue weighted by atomic mass is 35.5. The van der Waals surface area contributed by atoms with Gasteiger partial charge in [0.05, 0.1) is 16.1 Å². The molecule has 2 rings (SSSR count). The molecule has 0 saturated carbocycles. The molecule has 2 unspecified atom stereocenters. The average Bonchev–Trinajstić information content (AvgIpc) is 2.64. The first-order valence-electron chi connectivity index (χ1n) is 7.10. The molecule has 1 saturated heterocycles. The van der Waals surface area contributed by atoms with Gasteiger partial charge in [-0.15, -0.1) is 0 Å². The highest BCUT2D eigenvalue weighted by Crippen LogP contribution is 2.27. The zero-order chi connectivity index (χ0) is 14.5. The summed E-state index contributed by atoms with van der Waals surface area (Å²) < 4.78 is 0. The highest BCUT2D eigenvalue weighted by molar-refractivity contribution is 6.42. The van der Waals surface area contributed by atoms with Gasteiger partial charge in [0.1, 0.15) is 0 Å². The van der Waals surface area contributed by atoms with Gasteiger partial charge in [-0.3, -0.25) is 10.1 Å². The molecule has 5 heteroatoms. The van der Waals surface area contributed by atoms with Gasteiger partial charge in [-0.25, -0.2) is 0 Å². The topological polar surface area (TPSA) is 41.1 Å². The van der Waals surface area contributed by atoms with Crippen molar-refractivity contribution in [2.75, 3.05) is 6.54 Å². The van der Waals surface area contributed by atoms with Crippen molar-refractivity contribution in [3.05, 3.63) is 33.8 Å². The molecule has 1 fully saturated rings. The van der Waals surface area contributed by atoms with Crippen LogP contribution in [0.4, 0.5) is 0 Å². The number of hydrogen-bond acceptors (Lipinski definition) is 2. The molecule has 2 atom stereocenters. The quantitative estimate of drug-likeness (QED) is 0.889. The first kappa shape index (κ1) is 15.6. The third-order valence-electron chi connectivity index (χ3n) is 3.69. The molecule has 0 aliphatic carbocycles. The van der Waals surface area contributed by atoms with Crippen molar-refractivity contribution in [3.8, 4) is 0 Å². The second kappa shape index (κ2) is 7.30. The third kappa shape index (κ3) is 3.87. The Balaban J connectivity index is 2.11. The Kier molecular flexibility index (Phi) is 5.70. The van der Waals surface area contributed by atoms with Gasteiger partial charge in [-0.05, 0) is 43.4 Å². The van der Waals surface area contributed by atoms with Crippen molar-refractivity contribution >= 4 is 29.1 Å². The molecule has 2 N–H and O–H groups in total. The van der Waals surface area contributed by atoms with E-state index in [1.807, 2.05) is 12.1 Å². The summed E-state index contributed by atoms with van der Waals surface area (Å²) in [4.78, 5) is 12.0. The number of nitrogens with one attached hydrogen (secondary N) is 2. The number of halogens is 2. The van der Waals surface area contributed by atoms with Crippen LogP contribution in [0.25, 0.3) is 0 Å². The van der Waals surface area contributed by atoms with E-state index in [4.69, 9.17) is 23.2 Å². The van der Waals surface area contributed by atoms with Crippen LogP contribution in [-0.2, 0) is 4.79 Å². The van der Waals surface area contributed by atoms with Gasteiger partial charge in [0, 0.05) is 12.6 Å². The van der Waals surface area contributed by atoms with E-state index in [-0.39, 0.29) is 18.0 Å². The van der Waals surface area contributed by atoms with E-state index in [2.05, 4.69) is 17.6 Å². The summed E-state index contributed by atoms with van der Waals surface area (Å²) in [5.74, 6) is 0.0982. The van der Waals surface area contributed by atoms with E-state index >= 15 is 0 Å². The Hall–Kier alpha value is -0.770. The predicted molar refractivity (Wildman–Crippen MR) is 83.3 cm³/mol. The van der Waals surface area contributed by atoms with Crippen LogP contribution < -0.4 is 10.6 Å². The third-order valence-corrected chi connectivity index (χ3v) is 4.43. The van der Waals surface area contributed by atoms with Gasteiger partial charge in [-0.2, -0.15) is 0 Å². The molecule has 0 radical (unpaired) electrons. The summed E-state index contributed by atoms with van der Waals surface area (Å²) in [5, 5.41) is 7.50. The summed E-state index contributed by atoms with van der Waals surface area (Å²) in [6.45, 7) is 2.87. The summed E-state index contributed by atoms with van der Waals surface area (Å²) in [5.41, 5.74) is 1.07. The standard InChI is InChI=1S/C15H20Cl2N2O/c1-2-13(10-6-7-11(16)12(17)9-10)19-14-5-3-4-8-18-15(14)20/h6-7,9,13-14,19H,2-5,8H2,1H3,(H,18,20). The molecule has 1 aromatic rings. The zero-order valence-electron chi connectivity index (χ0n) is 11.6. The Morgan fingerprint density at radius 2 is 2.15 bits per heavy atom. The molecule has 1 aliphatic rings. The average molecular weight is 315 g/mol. The number of carbonyl (C=O) groups is 1. The molecule has 1 amide bonds. The summed E-state index contributed by atoms with van der Waals surface area (Å²) in [6, 6.07) is 5.62. The normalized spacial score (nSPS) is 21.1. The van der Waals surface area contributed by atoms with Crippen LogP contribution in [0.2, 0.25) is 10.0 Å². The van der Waals surface area contributed by atoms with Gasteiger partial charge in [0.2, 0.25) is 5.91 Å². The summed E-state index contributed by atoms with van der Waals surface area (Å²) in [7, 11) is 0. The van der Waals surface area contributed by atoms with Gasteiger partial charge in [0.25, 0.3) is 0 Å². The lowest BCUT2D eigenvalue weighted by atomic mass is 10.0. The van der Waals surface area contributed by atoms with Crippen LogP contribution in [-0.4, -0.2) is 18.5 Å². The Bertz CT molecular complexity index is 479. The predicted octanol–water partition coefficient (Wildman–Crippen LogP) is 3.70. The number of amides is 1. The fourth-order valence-electron chi connectivity index (χ4n) is 2.52. The van der Waals surface area contributed by atoms with Gasteiger partial charge in [0.15, 0.2) is 0 Å². The molecule has 110 valence electrons. The van der Waals surface area contributed by atoms with Crippen LogP contribution in [0, 0.1) is 0 Å². The van der Waals surface area contributed by atoms with E-state index in [0.29, 0.717) is 10.0 Å². The maximum Gasteiger partial charge on any atom is 0.237 e. The zero-order valence-corrected chi connectivity index (χ0v) is 13.1. The SMILES string of the molecule is CCC(NC1CCCCNC1=O)c1ccc(Cl)c(Cl)c1. The smallest absolute Gasteiger partial charge is 0.237 e. The maximum atomic E-state index is 12.0. The van der Waals surface area contributed by atoms with Crippen LogP contribution in [0.3, 0.4) is 0 Å². The Labute approximate surface area is 130 Å². The minimum Gasteiger partial charge on any atom is -0.355 e. The van der Waals surface area contributed by atoms with Crippen LogP contribution in [0.1, 0.15) is 44.2 Å². The monoisotopic (exact) mass is 314 g/mol. The molecular weight excluding hydrogens is 295 g/mol. The molecule has 1 heterocycles. The van der Waals surface area contributed by atoms with Crippen LogP contribution in [0.15, 0.2) is 18.2 Å². The lowest BCUT2D eigenvalue weighted by molar-refractivity contribution is -0.123. The van der Waals surface area contributed by atoms with Crippen molar-refractivity contribution in [2.24, 2.45) is 0 Å². The number of rotatable bonds is 4. The number of hydrogen-bond donors (Lipinski definition) is 2. The molecule has 0 bridgehead atoms. The van der Waals surface area contributed by atoms with E-state index < -0.39 is 0 Å². The maximum absolute atomic E-state index is 12.0. The Morgan fingerprint density at radius 1 is 1.35 bits per heavy atom. The minimum absolute atomic E-state index is 0.0982. The molecule has 0 spiro atoms. The van der Waals surface area contributed by atoms with Gasteiger partial charge in [-0.1, -0.05) is 36.2 Å². The summed E-state index contributed by atoms with van der Waals surface area (Å²) >= 11 is 12.0. The van der Waals surface area contributed by atoms with Crippen molar-refractivity contribution in [1.82, 2.24) is 10.6 Å². The van der Waals surface area contributed by atoms with Crippen LogP contribution >= 0.6 is 23.2 Å². The van der Waals surface area contributed by atoms with Crippen molar-refractivity contribution in [3.63, 3.8) is 0 Å². The lowest BCUT2D eigenvalue weighted by Crippen LogP contribution is -2.44. The largest absolute Gasteiger partial charge is 0.355 e. The van der Waals surface area contributed by atoms with Crippen molar-refractivity contribution < 1.29 is 4.79 Å². The van der Waals surface area contributed by atoms with Crippen molar-refractivity contribution in [2.45, 2.75) is 44.7 Å². The first-order valence-corrected chi connectivity index (χ1v) is 7.86. The molecule has 1 aromatic carbocycles. The lowest BCUT2D eigenvalue weighted by Gasteiger charge is -2.23. The van der Waals surface area contributed by atoms with E-state index in [0.717, 1.165) is 37.8 Å². The molecular formula is C15H20Cl2N2O. The van der Waals surface area contributed by atoms with E-state index in [1.165, 1.54) is 0 Å². The molecule has 1 aliphatic heterocycles. The number of benzene rings is 1. The highest BCUT2D eigenvalue weighted by Gasteiger charge is 2.23. The Morgan fingerprint density at radius 3 is 2.85 bits per heavy atom. The fraction of sp³-hybridized carbons (Fsp3) is 0.533. The van der Waals surface area contributed by atoms with Crippen molar-refractivity contribution in [1.29, 1.82) is 0 Å². The van der Waals surface area contributed by atoms with Crippen LogP contribution in [0.5, 0.6) is 0 Å². The molecule has 3 nitrogen and oxygen atoms in total. The molecule has 0 aromatic heterocycles.